The lowest BCUT2D eigenvalue weighted by molar-refractivity contribution is 0.112. The molecule has 2 aromatic rings. The second-order valence-corrected chi connectivity index (χ2v) is 5.82. The summed E-state index contributed by atoms with van der Waals surface area (Å²) in [5.74, 6) is 1.56. The first-order valence-corrected chi connectivity index (χ1v) is 7.21. The van der Waals surface area contributed by atoms with Crippen LogP contribution in [0, 0.1) is 0 Å². The lowest BCUT2D eigenvalue weighted by Gasteiger charge is -2.20. The predicted molar refractivity (Wildman–Crippen MR) is 74.1 cm³/mol. The van der Waals surface area contributed by atoms with E-state index in [9.17, 15) is 4.79 Å². The van der Waals surface area contributed by atoms with Crippen molar-refractivity contribution in [3.05, 3.63) is 34.3 Å². The van der Waals surface area contributed by atoms with Crippen LogP contribution in [-0.2, 0) is 0 Å². The zero-order chi connectivity index (χ0) is 12.5. The van der Waals surface area contributed by atoms with E-state index >= 15 is 0 Å². The first kappa shape index (κ1) is 11.9. The molecule has 94 valence electrons. The van der Waals surface area contributed by atoms with Crippen LogP contribution < -0.4 is 0 Å². The average Bonchev–Trinajstić information content (AvgIpc) is 2.77. The van der Waals surface area contributed by atoms with E-state index in [0.717, 1.165) is 22.1 Å². The van der Waals surface area contributed by atoms with Gasteiger partial charge in [-0.3, -0.25) is 4.79 Å². The number of aldehydes is 1. The van der Waals surface area contributed by atoms with Gasteiger partial charge in [0.15, 0.2) is 6.29 Å². The van der Waals surface area contributed by atoms with Crippen LogP contribution >= 0.6 is 15.9 Å². The van der Waals surface area contributed by atoms with Crippen LogP contribution in [-0.4, -0.2) is 15.7 Å². The molecule has 0 saturated heterocycles. The van der Waals surface area contributed by atoms with E-state index in [1.165, 1.54) is 32.1 Å². The Kier molecular flexibility index (Phi) is 3.20. The van der Waals surface area contributed by atoms with Gasteiger partial charge in [-0.2, -0.15) is 0 Å². The summed E-state index contributed by atoms with van der Waals surface area (Å²) in [6, 6.07) is 3.96. The standard InChI is InChI=1S/C14H15BrN2O/c15-11-6-7-17-13(8-11)12(9-18)16-14(17)10-4-2-1-3-5-10/h6-10H,1-5H2. The Balaban J connectivity index is 2.13. The van der Waals surface area contributed by atoms with Crippen molar-refractivity contribution in [1.82, 2.24) is 9.38 Å². The highest BCUT2D eigenvalue weighted by atomic mass is 79.9. The number of fused-ring (bicyclic) bond motifs is 1. The molecule has 0 bridgehead atoms. The maximum Gasteiger partial charge on any atom is 0.170 e. The van der Waals surface area contributed by atoms with E-state index in [-0.39, 0.29) is 0 Å². The molecule has 0 unspecified atom stereocenters. The quantitative estimate of drug-likeness (QED) is 0.787. The second-order valence-electron chi connectivity index (χ2n) is 4.91. The van der Waals surface area contributed by atoms with Gasteiger partial charge >= 0.3 is 0 Å². The molecule has 0 N–H and O–H groups in total. The smallest absolute Gasteiger partial charge is 0.170 e. The third-order valence-electron chi connectivity index (χ3n) is 3.74. The fourth-order valence-corrected chi connectivity index (χ4v) is 3.18. The van der Waals surface area contributed by atoms with E-state index in [0.29, 0.717) is 11.6 Å². The summed E-state index contributed by atoms with van der Waals surface area (Å²) in [6.45, 7) is 0. The van der Waals surface area contributed by atoms with Gasteiger partial charge in [0, 0.05) is 16.6 Å². The number of carbonyl (C=O) groups is 1. The largest absolute Gasteiger partial charge is 0.303 e. The molecule has 1 aliphatic rings. The molecule has 2 heterocycles. The maximum atomic E-state index is 11.1. The minimum Gasteiger partial charge on any atom is -0.303 e. The van der Waals surface area contributed by atoms with E-state index in [2.05, 4.69) is 25.3 Å². The van der Waals surface area contributed by atoms with Gasteiger partial charge in [0.1, 0.15) is 11.5 Å². The van der Waals surface area contributed by atoms with Gasteiger partial charge in [-0.25, -0.2) is 4.98 Å². The van der Waals surface area contributed by atoms with Crippen molar-refractivity contribution < 1.29 is 4.79 Å². The average molecular weight is 307 g/mol. The highest BCUT2D eigenvalue weighted by Gasteiger charge is 2.21. The van der Waals surface area contributed by atoms with E-state index in [4.69, 9.17) is 0 Å². The summed E-state index contributed by atoms with van der Waals surface area (Å²) in [5.41, 5.74) is 1.46. The van der Waals surface area contributed by atoms with Crippen LogP contribution in [0.5, 0.6) is 0 Å². The van der Waals surface area contributed by atoms with E-state index < -0.39 is 0 Å². The molecule has 0 aromatic carbocycles. The molecule has 3 nitrogen and oxygen atoms in total. The van der Waals surface area contributed by atoms with Gasteiger partial charge in [0.2, 0.25) is 0 Å². The molecule has 18 heavy (non-hydrogen) atoms. The van der Waals surface area contributed by atoms with Gasteiger partial charge in [0.25, 0.3) is 0 Å². The minimum atomic E-state index is 0.501. The lowest BCUT2D eigenvalue weighted by atomic mass is 9.89. The third kappa shape index (κ3) is 1.99. The fraction of sp³-hybridized carbons (Fsp3) is 0.429. The minimum absolute atomic E-state index is 0.501. The van der Waals surface area contributed by atoms with Crippen LogP contribution in [0.4, 0.5) is 0 Å². The molecular formula is C14H15BrN2O. The summed E-state index contributed by atoms with van der Waals surface area (Å²) in [6.07, 6.45) is 9.10. The number of imidazole rings is 1. The summed E-state index contributed by atoms with van der Waals surface area (Å²) >= 11 is 3.44. The van der Waals surface area contributed by atoms with Crippen molar-refractivity contribution in [2.24, 2.45) is 0 Å². The Morgan fingerprint density at radius 2 is 2.11 bits per heavy atom. The number of rotatable bonds is 2. The molecule has 1 saturated carbocycles. The number of pyridine rings is 1. The number of nitrogens with zero attached hydrogens (tertiary/aromatic N) is 2. The summed E-state index contributed by atoms with van der Waals surface area (Å²) in [7, 11) is 0. The summed E-state index contributed by atoms with van der Waals surface area (Å²) in [5, 5.41) is 0. The molecule has 3 rings (SSSR count). The normalized spacial score (nSPS) is 17.2. The van der Waals surface area contributed by atoms with Crippen molar-refractivity contribution in [2.75, 3.05) is 0 Å². The van der Waals surface area contributed by atoms with Gasteiger partial charge in [0.05, 0.1) is 5.52 Å². The zero-order valence-corrected chi connectivity index (χ0v) is 11.7. The van der Waals surface area contributed by atoms with E-state index in [1.54, 1.807) is 0 Å². The number of hydrogen-bond acceptors (Lipinski definition) is 2. The number of carbonyl (C=O) groups excluding carboxylic acids is 1. The summed E-state index contributed by atoms with van der Waals surface area (Å²) in [4.78, 5) is 15.7. The molecule has 4 heteroatoms. The Morgan fingerprint density at radius 3 is 2.83 bits per heavy atom. The van der Waals surface area contributed by atoms with Crippen LogP contribution in [0.1, 0.15) is 54.3 Å². The van der Waals surface area contributed by atoms with Crippen molar-refractivity contribution in [1.29, 1.82) is 0 Å². The molecule has 1 fully saturated rings. The molecular weight excluding hydrogens is 292 g/mol. The highest BCUT2D eigenvalue weighted by Crippen LogP contribution is 2.33. The maximum absolute atomic E-state index is 11.1. The monoisotopic (exact) mass is 306 g/mol. The summed E-state index contributed by atoms with van der Waals surface area (Å²) < 4.78 is 3.05. The lowest BCUT2D eigenvalue weighted by Crippen LogP contribution is -2.08. The SMILES string of the molecule is O=Cc1nc(C2CCCCC2)n2ccc(Br)cc12. The van der Waals surface area contributed by atoms with Crippen molar-refractivity contribution in [2.45, 2.75) is 38.0 Å². The topological polar surface area (TPSA) is 34.4 Å². The van der Waals surface area contributed by atoms with Gasteiger partial charge in [-0.05, 0) is 25.0 Å². The van der Waals surface area contributed by atoms with Crippen molar-refractivity contribution in [3.8, 4) is 0 Å². The molecule has 2 aromatic heterocycles. The van der Waals surface area contributed by atoms with Gasteiger partial charge in [-0.1, -0.05) is 35.2 Å². The van der Waals surface area contributed by atoms with Crippen LogP contribution in [0.3, 0.4) is 0 Å². The number of aromatic nitrogens is 2. The Bertz CT molecular complexity index is 585. The predicted octanol–water partition coefficient (Wildman–Crippen LogP) is 3.96. The van der Waals surface area contributed by atoms with Crippen molar-refractivity contribution in [3.63, 3.8) is 0 Å². The van der Waals surface area contributed by atoms with E-state index in [1.807, 2.05) is 18.3 Å². The van der Waals surface area contributed by atoms with Crippen LogP contribution in [0.2, 0.25) is 0 Å². The molecule has 1 aliphatic carbocycles. The second kappa shape index (κ2) is 4.84. The van der Waals surface area contributed by atoms with Crippen LogP contribution in [0.25, 0.3) is 5.52 Å². The zero-order valence-electron chi connectivity index (χ0n) is 10.1. The Morgan fingerprint density at radius 1 is 1.33 bits per heavy atom. The molecule has 0 spiro atoms. The highest BCUT2D eigenvalue weighted by molar-refractivity contribution is 9.10. The molecule has 0 atom stereocenters. The third-order valence-corrected chi connectivity index (χ3v) is 4.24. The Hall–Kier alpha value is -1.16. The first-order chi connectivity index (χ1) is 8.79. The van der Waals surface area contributed by atoms with Crippen LogP contribution in [0.15, 0.2) is 22.8 Å². The molecule has 0 aliphatic heterocycles. The van der Waals surface area contributed by atoms with Gasteiger partial charge < -0.3 is 4.40 Å². The first-order valence-electron chi connectivity index (χ1n) is 6.42. The number of hydrogen-bond donors (Lipinski definition) is 0. The number of halogens is 1. The molecule has 0 radical (unpaired) electrons. The fourth-order valence-electron chi connectivity index (χ4n) is 2.84. The van der Waals surface area contributed by atoms with Crippen molar-refractivity contribution >= 4 is 27.7 Å². The Labute approximate surface area is 114 Å². The van der Waals surface area contributed by atoms with Gasteiger partial charge in [-0.15, -0.1) is 0 Å². The molecule has 0 amide bonds.